The van der Waals surface area contributed by atoms with Crippen LogP contribution in [0.3, 0.4) is 0 Å². The van der Waals surface area contributed by atoms with Crippen LogP contribution < -0.4 is 10.0 Å². The van der Waals surface area contributed by atoms with Crippen LogP contribution >= 0.6 is 11.6 Å². The molecule has 1 aromatic carbocycles. The van der Waals surface area contributed by atoms with Crippen LogP contribution in [0, 0.1) is 0 Å². The Morgan fingerprint density at radius 1 is 1.39 bits per heavy atom. The molecule has 100 valence electrons. The first kappa shape index (κ1) is 14.8. The molecule has 0 heterocycles. The van der Waals surface area contributed by atoms with Crippen molar-refractivity contribution in [2.75, 3.05) is 16.3 Å². The molecule has 5 nitrogen and oxygen atoms in total. The number of nitrogens with one attached hydrogen (secondary N) is 2. The lowest BCUT2D eigenvalue weighted by Crippen LogP contribution is -2.12. The van der Waals surface area contributed by atoms with E-state index in [0.29, 0.717) is 22.8 Å². The molecule has 0 saturated carbocycles. The molecule has 1 rings (SSSR count). The summed E-state index contributed by atoms with van der Waals surface area (Å²) in [6, 6.07) is 4.53. The van der Waals surface area contributed by atoms with Gasteiger partial charge in [0.05, 0.1) is 22.7 Å². The van der Waals surface area contributed by atoms with Crippen molar-refractivity contribution in [3.63, 3.8) is 0 Å². The van der Waals surface area contributed by atoms with E-state index in [1.54, 1.807) is 0 Å². The molecule has 0 spiro atoms. The zero-order valence-corrected chi connectivity index (χ0v) is 11.7. The van der Waals surface area contributed by atoms with E-state index < -0.39 is 10.0 Å². The Bertz CT molecular complexity index is 543. The molecular weight excluding hydrogens is 276 g/mol. The van der Waals surface area contributed by atoms with Crippen molar-refractivity contribution in [1.82, 2.24) is 0 Å². The molecule has 0 aromatic heterocycles. The number of amides is 1. The largest absolute Gasteiger partial charge is 0.325 e. The highest BCUT2D eigenvalue weighted by Gasteiger charge is 2.08. The van der Waals surface area contributed by atoms with Gasteiger partial charge in [-0.15, -0.1) is 0 Å². The third kappa shape index (κ3) is 4.93. The average molecular weight is 291 g/mol. The van der Waals surface area contributed by atoms with Gasteiger partial charge in [0.15, 0.2) is 0 Å². The Hall–Kier alpha value is -1.27. The van der Waals surface area contributed by atoms with E-state index >= 15 is 0 Å². The monoisotopic (exact) mass is 290 g/mol. The van der Waals surface area contributed by atoms with E-state index in [0.717, 1.165) is 12.7 Å². The van der Waals surface area contributed by atoms with Crippen molar-refractivity contribution < 1.29 is 13.2 Å². The highest BCUT2D eigenvalue weighted by atomic mass is 35.5. The van der Waals surface area contributed by atoms with Crippen molar-refractivity contribution in [2.45, 2.75) is 19.8 Å². The molecule has 0 atom stereocenters. The second-order valence-electron chi connectivity index (χ2n) is 3.87. The normalized spacial score (nSPS) is 11.1. The van der Waals surface area contributed by atoms with Gasteiger partial charge in [-0.3, -0.25) is 9.52 Å². The van der Waals surface area contributed by atoms with Crippen LogP contribution in [-0.4, -0.2) is 20.6 Å². The number of anilines is 2. The highest BCUT2D eigenvalue weighted by Crippen LogP contribution is 2.26. The number of hydrogen-bond donors (Lipinski definition) is 2. The van der Waals surface area contributed by atoms with Crippen LogP contribution in [0.15, 0.2) is 18.2 Å². The summed E-state index contributed by atoms with van der Waals surface area (Å²) in [5, 5.41) is 2.99. The Labute approximate surface area is 112 Å². The van der Waals surface area contributed by atoms with Gasteiger partial charge in [-0.05, 0) is 24.6 Å². The molecule has 7 heteroatoms. The third-order valence-corrected chi connectivity index (χ3v) is 2.96. The molecule has 0 saturated heterocycles. The summed E-state index contributed by atoms with van der Waals surface area (Å²) in [4.78, 5) is 11.5. The highest BCUT2D eigenvalue weighted by molar-refractivity contribution is 7.92. The molecule has 0 radical (unpaired) electrons. The summed E-state index contributed by atoms with van der Waals surface area (Å²) in [6.45, 7) is 1.89. The molecule has 0 fully saturated rings. The Morgan fingerprint density at radius 3 is 2.61 bits per heavy atom. The van der Waals surface area contributed by atoms with Crippen molar-refractivity contribution in [3.8, 4) is 0 Å². The van der Waals surface area contributed by atoms with Crippen molar-refractivity contribution >= 4 is 38.9 Å². The lowest BCUT2D eigenvalue weighted by atomic mass is 10.2. The predicted octanol–water partition coefficient (Wildman–Crippen LogP) is 2.45. The van der Waals surface area contributed by atoms with E-state index in [9.17, 15) is 13.2 Å². The summed E-state index contributed by atoms with van der Waals surface area (Å²) in [6.07, 6.45) is 2.17. The Morgan fingerprint density at radius 2 is 2.06 bits per heavy atom. The molecule has 0 aliphatic carbocycles. The summed E-state index contributed by atoms with van der Waals surface area (Å²) in [5.41, 5.74) is 0.748. The van der Waals surface area contributed by atoms with E-state index in [1.165, 1.54) is 18.2 Å². The maximum absolute atomic E-state index is 11.5. The lowest BCUT2D eigenvalue weighted by Gasteiger charge is -2.10. The summed E-state index contributed by atoms with van der Waals surface area (Å²) in [5.74, 6) is -0.157. The molecule has 0 aliphatic heterocycles. The van der Waals surface area contributed by atoms with E-state index in [4.69, 9.17) is 11.6 Å². The van der Waals surface area contributed by atoms with Gasteiger partial charge in [-0.25, -0.2) is 8.42 Å². The van der Waals surface area contributed by atoms with Gasteiger partial charge in [-0.1, -0.05) is 18.5 Å². The minimum atomic E-state index is -3.35. The van der Waals surface area contributed by atoms with Crippen LogP contribution in [0.2, 0.25) is 5.02 Å². The quantitative estimate of drug-likeness (QED) is 0.874. The van der Waals surface area contributed by atoms with Gasteiger partial charge in [-0.2, -0.15) is 0 Å². The summed E-state index contributed by atoms with van der Waals surface area (Å²) >= 11 is 5.92. The van der Waals surface area contributed by atoms with Crippen LogP contribution in [0.4, 0.5) is 11.4 Å². The zero-order chi connectivity index (χ0) is 13.8. The SMILES string of the molecule is CCCC(=O)Nc1cc(NS(C)(=O)=O)ccc1Cl. The summed E-state index contributed by atoms with van der Waals surface area (Å²) < 4.78 is 24.5. The average Bonchev–Trinajstić information content (AvgIpc) is 2.21. The van der Waals surface area contributed by atoms with Crippen molar-refractivity contribution in [3.05, 3.63) is 23.2 Å². The second-order valence-corrected chi connectivity index (χ2v) is 6.02. The predicted molar refractivity (Wildman–Crippen MR) is 73.5 cm³/mol. The number of carbonyl (C=O) groups is 1. The standard InChI is InChI=1S/C11H15ClN2O3S/c1-3-4-11(15)13-10-7-8(5-6-9(10)12)14-18(2,16)17/h5-7,14H,3-4H2,1-2H3,(H,13,15). The van der Waals surface area contributed by atoms with E-state index in [1.807, 2.05) is 6.92 Å². The van der Waals surface area contributed by atoms with Gasteiger partial charge in [0, 0.05) is 6.42 Å². The topological polar surface area (TPSA) is 75.3 Å². The maximum atomic E-state index is 11.5. The number of rotatable bonds is 5. The number of carbonyl (C=O) groups excluding carboxylic acids is 1. The van der Waals surface area contributed by atoms with Crippen molar-refractivity contribution in [2.24, 2.45) is 0 Å². The van der Waals surface area contributed by atoms with Gasteiger partial charge in [0.1, 0.15) is 0 Å². The first-order chi connectivity index (χ1) is 8.31. The van der Waals surface area contributed by atoms with Gasteiger partial charge in [0.25, 0.3) is 0 Å². The number of sulfonamides is 1. The molecule has 2 N–H and O–H groups in total. The van der Waals surface area contributed by atoms with Crippen LogP contribution in [0.5, 0.6) is 0 Å². The second kappa shape index (κ2) is 6.06. The third-order valence-electron chi connectivity index (χ3n) is 2.02. The molecular formula is C11H15ClN2O3S. The number of halogens is 1. The van der Waals surface area contributed by atoms with Gasteiger partial charge >= 0.3 is 0 Å². The van der Waals surface area contributed by atoms with Crippen LogP contribution in [-0.2, 0) is 14.8 Å². The fourth-order valence-electron chi connectivity index (χ4n) is 1.34. The number of benzene rings is 1. The molecule has 0 bridgehead atoms. The molecule has 18 heavy (non-hydrogen) atoms. The fourth-order valence-corrected chi connectivity index (χ4v) is 2.06. The first-order valence-corrected chi connectivity index (χ1v) is 7.66. The Kier molecular flexibility index (Phi) is 4.98. The zero-order valence-electron chi connectivity index (χ0n) is 10.2. The van der Waals surface area contributed by atoms with Crippen molar-refractivity contribution in [1.29, 1.82) is 0 Å². The van der Waals surface area contributed by atoms with Gasteiger partial charge < -0.3 is 5.32 Å². The molecule has 1 amide bonds. The minimum Gasteiger partial charge on any atom is -0.325 e. The van der Waals surface area contributed by atoms with Gasteiger partial charge in [0.2, 0.25) is 15.9 Å². The maximum Gasteiger partial charge on any atom is 0.229 e. The van der Waals surface area contributed by atoms with Crippen LogP contribution in [0.1, 0.15) is 19.8 Å². The fraction of sp³-hybridized carbons (Fsp3) is 0.364. The lowest BCUT2D eigenvalue weighted by molar-refractivity contribution is -0.116. The van der Waals surface area contributed by atoms with E-state index in [2.05, 4.69) is 10.0 Å². The molecule has 0 aliphatic rings. The summed E-state index contributed by atoms with van der Waals surface area (Å²) in [7, 11) is -3.35. The molecule has 0 unspecified atom stereocenters. The first-order valence-electron chi connectivity index (χ1n) is 5.39. The Balaban J connectivity index is 2.91. The molecule has 1 aromatic rings. The minimum absolute atomic E-state index is 0.157. The smallest absolute Gasteiger partial charge is 0.229 e. The van der Waals surface area contributed by atoms with Crippen LogP contribution in [0.25, 0.3) is 0 Å². The number of hydrogen-bond acceptors (Lipinski definition) is 3. The van der Waals surface area contributed by atoms with E-state index in [-0.39, 0.29) is 5.91 Å².